The minimum absolute atomic E-state index is 0. The van der Waals surface area contributed by atoms with Gasteiger partial charge in [-0.25, -0.2) is 4.98 Å². The van der Waals surface area contributed by atoms with E-state index in [0.717, 1.165) is 48.4 Å². The van der Waals surface area contributed by atoms with Crippen LogP contribution < -0.4 is 10.9 Å². The van der Waals surface area contributed by atoms with E-state index >= 15 is 0 Å². The van der Waals surface area contributed by atoms with Gasteiger partial charge in [0.25, 0.3) is 11.5 Å². The van der Waals surface area contributed by atoms with Crippen LogP contribution in [0.5, 0.6) is 0 Å². The predicted octanol–water partition coefficient (Wildman–Crippen LogP) is 2.49. The van der Waals surface area contributed by atoms with Gasteiger partial charge in [0, 0.05) is 38.1 Å². The molecule has 0 radical (unpaired) electrons. The lowest BCUT2D eigenvalue weighted by molar-refractivity contribution is 0.0686. The molecule has 146 valence electrons. The summed E-state index contributed by atoms with van der Waals surface area (Å²) in [5.74, 6) is 0.910. The maximum absolute atomic E-state index is 13.2. The summed E-state index contributed by atoms with van der Waals surface area (Å²) in [6, 6.07) is 1.38. The van der Waals surface area contributed by atoms with E-state index in [0.29, 0.717) is 22.3 Å². The van der Waals surface area contributed by atoms with Crippen LogP contribution in [0.15, 0.2) is 4.79 Å². The van der Waals surface area contributed by atoms with E-state index in [4.69, 9.17) is 0 Å². The average molecular weight is 409 g/mol. The normalized spacial score (nSPS) is 26.1. The third kappa shape index (κ3) is 2.91. The fraction of sp³-hybridized carbons (Fsp3) is 0.632. The molecule has 1 N–H and O–H groups in total. The topological polar surface area (TPSA) is 67.2 Å². The van der Waals surface area contributed by atoms with Gasteiger partial charge < -0.3 is 10.2 Å². The fourth-order valence-corrected chi connectivity index (χ4v) is 6.12. The third-order valence-corrected chi connectivity index (χ3v) is 7.60. The second-order valence-corrected chi connectivity index (χ2v) is 9.00. The van der Waals surface area contributed by atoms with Crippen molar-refractivity contribution in [2.45, 2.75) is 70.1 Å². The van der Waals surface area contributed by atoms with Crippen molar-refractivity contribution in [3.8, 4) is 0 Å². The Morgan fingerprint density at radius 3 is 2.70 bits per heavy atom. The van der Waals surface area contributed by atoms with Gasteiger partial charge in [-0.1, -0.05) is 0 Å². The molecule has 0 aromatic carbocycles. The van der Waals surface area contributed by atoms with Gasteiger partial charge in [0.05, 0.1) is 10.3 Å². The first-order valence-corrected chi connectivity index (χ1v) is 10.4. The van der Waals surface area contributed by atoms with E-state index in [1.54, 1.807) is 4.57 Å². The van der Waals surface area contributed by atoms with Gasteiger partial charge in [0.1, 0.15) is 10.7 Å². The molecule has 2 aromatic heterocycles. The quantitative estimate of drug-likeness (QED) is 0.829. The van der Waals surface area contributed by atoms with E-state index in [2.05, 4.69) is 10.3 Å². The van der Waals surface area contributed by atoms with Crippen LogP contribution >= 0.6 is 23.7 Å². The van der Waals surface area contributed by atoms with E-state index in [9.17, 15) is 9.59 Å². The van der Waals surface area contributed by atoms with Crippen LogP contribution in [0.3, 0.4) is 0 Å². The zero-order valence-corrected chi connectivity index (χ0v) is 17.3. The molecule has 27 heavy (non-hydrogen) atoms. The average Bonchev–Trinajstić information content (AvgIpc) is 3.32. The van der Waals surface area contributed by atoms with Gasteiger partial charge in [0.2, 0.25) is 0 Å². The Morgan fingerprint density at radius 1 is 1.30 bits per heavy atom. The minimum Gasteiger partial charge on any atom is -0.338 e. The van der Waals surface area contributed by atoms with E-state index in [-0.39, 0.29) is 29.9 Å². The molecule has 6 nitrogen and oxygen atoms in total. The van der Waals surface area contributed by atoms with Gasteiger partial charge in [-0.05, 0) is 44.6 Å². The zero-order chi connectivity index (χ0) is 18.0. The lowest BCUT2D eigenvalue weighted by Gasteiger charge is -2.35. The van der Waals surface area contributed by atoms with Crippen molar-refractivity contribution in [2.75, 3.05) is 7.05 Å². The van der Waals surface area contributed by atoms with Crippen molar-refractivity contribution < 1.29 is 4.79 Å². The van der Waals surface area contributed by atoms with Gasteiger partial charge in [-0.15, -0.1) is 23.7 Å². The van der Waals surface area contributed by atoms with Crippen molar-refractivity contribution >= 4 is 39.9 Å². The van der Waals surface area contributed by atoms with E-state index < -0.39 is 0 Å². The maximum Gasteiger partial charge on any atom is 0.264 e. The number of aromatic nitrogens is 2. The summed E-state index contributed by atoms with van der Waals surface area (Å²) in [6.45, 7) is 2.64. The molecule has 2 atom stereocenters. The second-order valence-electron chi connectivity index (χ2n) is 8.00. The summed E-state index contributed by atoms with van der Waals surface area (Å²) < 4.78 is 1.78. The standard InChI is InChI=1S/C19H24N4O2S.ClH/c1-10-15-17(21-14-4-3-7-23(14)18(15)24)26-16(10)19(25)22(2)13-8-11-5-6-12(9-13)20-11;/h11-13,20H,3-9H2,1-2H3;1H. The summed E-state index contributed by atoms with van der Waals surface area (Å²) >= 11 is 1.39. The Hall–Kier alpha value is -1.44. The Labute approximate surface area is 168 Å². The molecule has 2 unspecified atom stereocenters. The Kier molecular flexibility index (Phi) is 4.81. The van der Waals surface area contributed by atoms with Crippen LogP contribution in [0.4, 0.5) is 0 Å². The summed E-state index contributed by atoms with van der Waals surface area (Å²) in [5, 5.41) is 4.27. The van der Waals surface area contributed by atoms with Crippen LogP contribution in [0.25, 0.3) is 10.2 Å². The highest BCUT2D eigenvalue weighted by Crippen LogP contribution is 2.33. The van der Waals surface area contributed by atoms with Crippen molar-refractivity contribution in [3.05, 3.63) is 26.6 Å². The van der Waals surface area contributed by atoms with Gasteiger partial charge >= 0.3 is 0 Å². The highest BCUT2D eigenvalue weighted by Gasteiger charge is 2.37. The summed E-state index contributed by atoms with van der Waals surface area (Å²) in [4.78, 5) is 34.1. The molecule has 2 saturated heterocycles. The van der Waals surface area contributed by atoms with Crippen LogP contribution in [0, 0.1) is 6.92 Å². The molecule has 0 saturated carbocycles. The number of hydrogen-bond donors (Lipinski definition) is 1. The Balaban J connectivity index is 0.00000180. The molecule has 8 heteroatoms. The smallest absolute Gasteiger partial charge is 0.264 e. The molecule has 5 heterocycles. The number of hydrogen-bond acceptors (Lipinski definition) is 5. The summed E-state index contributed by atoms with van der Waals surface area (Å²) in [7, 11) is 1.92. The molecule has 0 spiro atoms. The van der Waals surface area contributed by atoms with Crippen molar-refractivity contribution in [1.29, 1.82) is 0 Å². The maximum atomic E-state index is 13.2. The number of fused-ring (bicyclic) bond motifs is 4. The first-order chi connectivity index (χ1) is 12.5. The lowest BCUT2D eigenvalue weighted by atomic mass is 9.98. The SMILES string of the molecule is Cc1c(C(=O)N(C)C2CC3CCC(C2)N3)sc2nc3n(c(=O)c12)CCC3.Cl. The minimum atomic E-state index is 0. The van der Waals surface area contributed by atoms with Crippen LogP contribution in [0.1, 0.15) is 53.2 Å². The van der Waals surface area contributed by atoms with Gasteiger partial charge in [-0.3, -0.25) is 14.2 Å². The molecule has 2 aromatic rings. The first kappa shape index (κ1) is 18.9. The van der Waals surface area contributed by atoms with Crippen LogP contribution in [-0.2, 0) is 13.0 Å². The number of carbonyl (C=O) groups is 1. The molecule has 3 aliphatic heterocycles. The van der Waals surface area contributed by atoms with E-state index in [1.165, 1.54) is 24.2 Å². The highest BCUT2D eigenvalue weighted by atomic mass is 35.5. The number of piperidine rings is 1. The Bertz CT molecular complexity index is 957. The van der Waals surface area contributed by atoms with Gasteiger partial charge in [-0.2, -0.15) is 0 Å². The molecular weight excluding hydrogens is 384 g/mol. The first-order valence-electron chi connectivity index (χ1n) is 9.59. The molecular formula is C19H25ClN4O2S. The molecule has 2 bridgehead atoms. The van der Waals surface area contributed by atoms with Crippen molar-refractivity contribution in [3.63, 3.8) is 0 Å². The highest BCUT2D eigenvalue weighted by molar-refractivity contribution is 7.20. The molecule has 5 rings (SSSR count). The lowest BCUT2D eigenvalue weighted by Crippen LogP contribution is -2.48. The summed E-state index contributed by atoms with van der Waals surface area (Å²) in [5.41, 5.74) is 0.830. The number of nitrogens with one attached hydrogen (secondary N) is 1. The molecule has 1 amide bonds. The number of aryl methyl sites for hydroxylation is 2. The third-order valence-electron chi connectivity index (χ3n) is 6.42. The molecule has 2 fully saturated rings. The summed E-state index contributed by atoms with van der Waals surface area (Å²) in [6.07, 6.45) is 6.32. The van der Waals surface area contributed by atoms with E-state index in [1.807, 2.05) is 18.9 Å². The number of amides is 1. The Morgan fingerprint density at radius 2 is 2.00 bits per heavy atom. The largest absolute Gasteiger partial charge is 0.338 e. The predicted molar refractivity (Wildman–Crippen MR) is 109 cm³/mol. The van der Waals surface area contributed by atoms with Gasteiger partial charge in [0.15, 0.2) is 0 Å². The molecule has 3 aliphatic rings. The second kappa shape index (κ2) is 6.87. The van der Waals surface area contributed by atoms with Crippen LogP contribution in [0.2, 0.25) is 0 Å². The number of nitrogens with zero attached hydrogens (tertiary/aromatic N) is 3. The van der Waals surface area contributed by atoms with Crippen LogP contribution in [-0.4, -0.2) is 45.5 Å². The number of halogens is 1. The van der Waals surface area contributed by atoms with Crippen molar-refractivity contribution in [2.24, 2.45) is 0 Å². The number of carbonyl (C=O) groups excluding carboxylic acids is 1. The number of rotatable bonds is 2. The zero-order valence-electron chi connectivity index (χ0n) is 15.7. The molecule has 0 aliphatic carbocycles. The van der Waals surface area contributed by atoms with Crippen molar-refractivity contribution in [1.82, 2.24) is 19.8 Å². The monoisotopic (exact) mass is 408 g/mol. The number of thiophene rings is 1. The fourth-order valence-electron chi connectivity index (χ4n) is 4.95.